The van der Waals surface area contributed by atoms with Gasteiger partial charge in [0.15, 0.2) is 0 Å². The summed E-state index contributed by atoms with van der Waals surface area (Å²) in [5.41, 5.74) is 7.46. The molecule has 6 heteroatoms. The molecule has 2 unspecified atom stereocenters. The first kappa shape index (κ1) is 24.4. The van der Waals surface area contributed by atoms with Crippen LogP contribution in [0.2, 0.25) is 0 Å². The van der Waals surface area contributed by atoms with Crippen molar-refractivity contribution in [2.24, 2.45) is 11.7 Å². The number of nitrogens with zero attached hydrogens (tertiary/aromatic N) is 1. The number of hydrogen-bond acceptors (Lipinski definition) is 4. The largest absolute Gasteiger partial charge is 0.489 e. The quantitative estimate of drug-likeness (QED) is 0.476. The maximum atomic E-state index is 12.3. The Balaban J connectivity index is 1.57. The van der Waals surface area contributed by atoms with Gasteiger partial charge < -0.3 is 20.7 Å². The molecule has 0 saturated heterocycles. The lowest BCUT2D eigenvalue weighted by atomic mass is 10.0. The van der Waals surface area contributed by atoms with E-state index >= 15 is 0 Å². The standard InChI is InChI=1S/C27H35N3O3/c1-21(18-26(28)31)19-27(32)29-16-17-30(23-10-6-3-7-11-23)24-12-14-25(15-13-24)33-20-22-8-4-2-5-9-22/h2,4-6,8-10,12-15,21,23H,3,7,11,16-20H2,1H3,(H2,28,31)(H,29,32). The van der Waals surface area contributed by atoms with Crippen molar-refractivity contribution in [2.45, 2.75) is 51.7 Å². The molecule has 2 aromatic rings. The van der Waals surface area contributed by atoms with Crippen LogP contribution in [0.3, 0.4) is 0 Å². The van der Waals surface area contributed by atoms with Crippen LogP contribution in [0.5, 0.6) is 5.75 Å². The highest BCUT2D eigenvalue weighted by Crippen LogP contribution is 2.26. The maximum Gasteiger partial charge on any atom is 0.220 e. The van der Waals surface area contributed by atoms with Crippen molar-refractivity contribution in [3.8, 4) is 5.75 Å². The second kappa shape index (κ2) is 12.7. The van der Waals surface area contributed by atoms with Gasteiger partial charge in [0.1, 0.15) is 12.4 Å². The number of anilines is 1. The summed E-state index contributed by atoms with van der Waals surface area (Å²) >= 11 is 0. The average Bonchev–Trinajstić information content (AvgIpc) is 2.81. The number of carbonyl (C=O) groups excluding carboxylic acids is 2. The van der Waals surface area contributed by atoms with Gasteiger partial charge in [-0.05, 0) is 55.0 Å². The van der Waals surface area contributed by atoms with Crippen molar-refractivity contribution in [2.75, 3.05) is 18.0 Å². The van der Waals surface area contributed by atoms with Crippen LogP contribution in [0.4, 0.5) is 5.69 Å². The van der Waals surface area contributed by atoms with Crippen LogP contribution in [0.15, 0.2) is 66.7 Å². The highest BCUT2D eigenvalue weighted by atomic mass is 16.5. The van der Waals surface area contributed by atoms with Crippen LogP contribution in [0, 0.1) is 5.92 Å². The average molecular weight is 450 g/mol. The zero-order valence-corrected chi connectivity index (χ0v) is 19.4. The minimum absolute atomic E-state index is 0.0486. The fourth-order valence-corrected chi connectivity index (χ4v) is 4.14. The summed E-state index contributed by atoms with van der Waals surface area (Å²) in [5.74, 6) is 0.357. The molecular formula is C27H35N3O3. The molecular weight excluding hydrogens is 414 g/mol. The number of nitrogens with one attached hydrogen (secondary N) is 1. The summed E-state index contributed by atoms with van der Waals surface area (Å²) in [6, 6.07) is 18.6. The third kappa shape index (κ3) is 8.29. The lowest BCUT2D eigenvalue weighted by Crippen LogP contribution is -2.41. The predicted molar refractivity (Wildman–Crippen MR) is 132 cm³/mol. The Morgan fingerprint density at radius 2 is 1.88 bits per heavy atom. The smallest absolute Gasteiger partial charge is 0.220 e. The molecule has 0 heterocycles. The van der Waals surface area contributed by atoms with E-state index in [1.165, 1.54) is 0 Å². The second-order valence-corrected chi connectivity index (χ2v) is 8.72. The number of rotatable bonds is 12. The van der Waals surface area contributed by atoms with Crippen molar-refractivity contribution < 1.29 is 14.3 Å². The third-order valence-corrected chi connectivity index (χ3v) is 5.80. The molecule has 0 radical (unpaired) electrons. The summed E-state index contributed by atoms with van der Waals surface area (Å²) in [6.45, 7) is 3.65. The molecule has 0 spiro atoms. The summed E-state index contributed by atoms with van der Waals surface area (Å²) in [5, 5.41) is 2.99. The van der Waals surface area contributed by atoms with Gasteiger partial charge in [0.2, 0.25) is 11.8 Å². The van der Waals surface area contributed by atoms with Gasteiger partial charge in [0.05, 0.1) is 0 Å². The van der Waals surface area contributed by atoms with Crippen LogP contribution in [0.25, 0.3) is 0 Å². The maximum absolute atomic E-state index is 12.3. The lowest BCUT2D eigenvalue weighted by Gasteiger charge is -2.34. The monoisotopic (exact) mass is 449 g/mol. The van der Waals surface area contributed by atoms with E-state index in [4.69, 9.17) is 10.5 Å². The highest BCUT2D eigenvalue weighted by Gasteiger charge is 2.19. The van der Waals surface area contributed by atoms with Crippen LogP contribution < -0.4 is 20.7 Å². The third-order valence-electron chi connectivity index (χ3n) is 5.80. The van der Waals surface area contributed by atoms with E-state index in [2.05, 4.69) is 46.6 Å². The van der Waals surface area contributed by atoms with E-state index in [1.807, 2.05) is 37.3 Å². The molecule has 0 bridgehead atoms. The Kier molecular flexibility index (Phi) is 9.36. The minimum atomic E-state index is -0.373. The number of carbonyl (C=O) groups is 2. The molecule has 2 aromatic carbocycles. The van der Waals surface area contributed by atoms with Gasteiger partial charge in [-0.1, -0.05) is 49.4 Å². The molecule has 0 fully saturated rings. The Hall–Kier alpha value is -3.28. The van der Waals surface area contributed by atoms with E-state index in [-0.39, 0.29) is 24.2 Å². The van der Waals surface area contributed by atoms with E-state index in [9.17, 15) is 9.59 Å². The van der Waals surface area contributed by atoms with Crippen molar-refractivity contribution in [3.63, 3.8) is 0 Å². The summed E-state index contributed by atoms with van der Waals surface area (Å²) in [7, 11) is 0. The molecule has 0 aromatic heterocycles. The molecule has 176 valence electrons. The fourth-order valence-electron chi connectivity index (χ4n) is 4.14. The zero-order chi connectivity index (χ0) is 23.5. The molecule has 1 aliphatic rings. The highest BCUT2D eigenvalue weighted by molar-refractivity contribution is 5.78. The summed E-state index contributed by atoms with van der Waals surface area (Å²) < 4.78 is 5.93. The summed E-state index contributed by atoms with van der Waals surface area (Å²) in [4.78, 5) is 25.6. The Morgan fingerprint density at radius 3 is 2.55 bits per heavy atom. The van der Waals surface area contributed by atoms with Crippen molar-refractivity contribution in [1.82, 2.24) is 5.32 Å². The fraction of sp³-hybridized carbons (Fsp3) is 0.407. The van der Waals surface area contributed by atoms with E-state index in [0.717, 1.165) is 36.3 Å². The van der Waals surface area contributed by atoms with E-state index in [0.29, 0.717) is 32.2 Å². The Labute approximate surface area is 196 Å². The molecule has 33 heavy (non-hydrogen) atoms. The number of amides is 2. The van der Waals surface area contributed by atoms with E-state index in [1.54, 1.807) is 0 Å². The minimum Gasteiger partial charge on any atom is -0.489 e. The van der Waals surface area contributed by atoms with Crippen LogP contribution in [-0.2, 0) is 16.2 Å². The molecule has 0 saturated carbocycles. The molecule has 1 aliphatic carbocycles. The van der Waals surface area contributed by atoms with Crippen LogP contribution in [0.1, 0.15) is 44.6 Å². The van der Waals surface area contributed by atoms with Gasteiger partial charge in [-0.15, -0.1) is 0 Å². The van der Waals surface area contributed by atoms with Crippen LogP contribution >= 0.6 is 0 Å². The van der Waals surface area contributed by atoms with Gasteiger partial charge in [0.25, 0.3) is 0 Å². The van der Waals surface area contributed by atoms with Crippen LogP contribution in [-0.4, -0.2) is 30.9 Å². The normalized spacial score (nSPS) is 16.1. The molecule has 2 amide bonds. The number of allylic oxidation sites excluding steroid dienone is 1. The van der Waals surface area contributed by atoms with Gasteiger partial charge >= 0.3 is 0 Å². The van der Waals surface area contributed by atoms with Gasteiger partial charge in [-0.3, -0.25) is 9.59 Å². The SMILES string of the molecule is CC(CC(N)=O)CC(=O)NCCN(c1ccc(OCc2ccccc2)cc1)C1C=CCCC1. The van der Waals surface area contributed by atoms with Gasteiger partial charge in [-0.2, -0.15) is 0 Å². The number of ether oxygens (including phenoxy) is 1. The van der Waals surface area contributed by atoms with Crippen molar-refractivity contribution >= 4 is 17.5 Å². The first-order valence-electron chi connectivity index (χ1n) is 11.8. The first-order chi connectivity index (χ1) is 16.0. The summed E-state index contributed by atoms with van der Waals surface area (Å²) in [6.07, 6.45) is 8.40. The number of hydrogen-bond donors (Lipinski definition) is 2. The lowest BCUT2D eigenvalue weighted by molar-refractivity contribution is -0.122. The zero-order valence-electron chi connectivity index (χ0n) is 19.4. The number of primary amides is 1. The molecule has 3 N–H and O–H groups in total. The Morgan fingerprint density at radius 1 is 1.12 bits per heavy atom. The Bertz CT molecular complexity index is 912. The molecule has 2 atom stereocenters. The molecule has 6 nitrogen and oxygen atoms in total. The number of benzene rings is 2. The molecule has 3 rings (SSSR count). The van der Waals surface area contributed by atoms with Gasteiger partial charge in [0, 0.05) is 37.7 Å². The van der Waals surface area contributed by atoms with Gasteiger partial charge in [-0.25, -0.2) is 0 Å². The van der Waals surface area contributed by atoms with Crippen molar-refractivity contribution in [1.29, 1.82) is 0 Å². The first-order valence-corrected chi connectivity index (χ1v) is 11.8. The second-order valence-electron chi connectivity index (χ2n) is 8.72. The predicted octanol–water partition coefficient (Wildman–Crippen LogP) is 4.20. The van der Waals surface area contributed by atoms with Crippen molar-refractivity contribution in [3.05, 3.63) is 72.3 Å². The number of nitrogens with two attached hydrogens (primary N) is 1. The van der Waals surface area contributed by atoms with E-state index < -0.39 is 0 Å². The molecule has 0 aliphatic heterocycles. The topological polar surface area (TPSA) is 84.7 Å².